The Hall–Kier alpha value is -0.980. The van der Waals surface area contributed by atoms with E-state index in [1.807, 2.05) is 41.7 Å². The third kappa shape index (κ3) is 3.19. The number of hydrogen-bond acceptors (Lipinski definition) is 6. The summed E-state index contributed by atoms with van der Waals surface area (Å²) in [6.45, 7) is 0.534. The van der Waals surface area contributed by atoms with E-state index in [0.29, 0.717) is 24.1 Å². The minimum absolute atomic E-state index is 0.371. The van der Waals surface area contributed by atoms with Crippen LogP contribution < -0.4 is 5.73 Å². The van der Waals surface area contributed by atoms with Gasteiger partial charge >= 0.3 is 0 Å². The third-order valence-corrected chi connectivity index (χ3v) is 6.02. The lowest BCUT2D eigenvalue weighted by atomic mass is 10.0. The van der Waals surface area contributed by atoms with Gasteiger partial charge in [-0.2, -0.15) is 16.7 Å². The standard InChI is InChI=1S/C14H17N3OS2/c15-8-11-4-2-1-3-10(11)7-13-16-14(17-18-13)12-9-19-5-6-20-12/h1-4,12H,5-9,15H2. The number of hydrogen-bond donors (Lipinski definition) is 1. The Kier molecular flexibility index (Phi) is 4.65. The fraction of sp³-hybridized carbons (Fsp3) is 0.429. The first-order valence-corrected chi connectivity index (χ1v) is 8.86. The topological polar surface area (TPSA) is 64.9 Å². The van der Waals surface area contributed by atoms with Gasteiger partial charge in [0.1, 0.15) is 0 Å². The summed E-state index contributed by atoms with van der Waals surface area (Å²) < 4.78 is 5.40. The predicted molar refractivity (Wildman–Crippen MR) is 84.0 cm³/mol. The molecule has 106 valence electrons. The monoisotopic (exact) mass is 307 g/mol. The van der Waals surface area contributed by atoms with E-state index in [-0.39, 0.29) is 0 Å². The molecule has 0 aliphatic carbocycles. The molecular weight excluding hydrogens is 290 g/mol. The average molecular weight is 307 g/mol. The van der Waals surface area contributed by atoms with Crippen molar-refractivity contribution >= 4 is 23.5 Å². The highest BCUT2D eigenvalue weighted by molar-refractivity contribution is 8.06. The van der Waals surface area contributed by atoms with Crippen LogP contribution in [0.3, 0.4) is 0 Å². The maximum atomic E-state index is 5.75. The molecule has 0 amide bonds. The van der Waals surface area contributed by atoms with Crippen molar-refractivity contribution in [3.05, 3.63) is 47.1 Å². The molecule has 2 heterocycles. The van der Waals surface area contributed by atoms with Crippen LogP contribution >= 0.6 is 23.5 Å². The van der Waals surface area contributed by atoms with Crippen molar-refractivity contribution in [3.63, 3.8) is 0 Å². The van der Waals surface area contributed by atoms with E-state index >= 15 is 0 Å². The molecule has 4 nitrogen and oxygen atoms in total. The van der Waals surface area contributed by atoms with E-state index in [1.54, 1.807) is 0 Å². The van der Waals surface area contributed by atoms with Crippen molar-refractivity contribution in [2.24, 2.45) is 5.73 Å². The molecule has 1 unspecified atom stereocenters. The molecule has 1 atom stereocenters. The number of nitrogens with zero attached hydrogens (tertiary/aromatic N) is 2. The van der Waals surface area contributed by atoms with E-state index in [9.17, 15) is 0 Å². The highest BCUT2D eigenvalue weighted by Crippen LogP contribution is 2.35. The molecule has 1 aliphatic heterocycles. The molecule has 2 N–H and O–H groups in total. The minimum atomic E-state index is 0.371. The maximum Gasteiger partial charge on any atom is 0.231 e. The SMILES string of the molecule is NCc1ccccc1Cc1nc(C2CSCCS2)no1. The minimum Gasteiger partial charge on any atom is -0.339 e. The maximum absolute atomic E-state index is 5.75. The van der Waals surface area contributed by atoms with Gasteiger partial charge in [0.2, 0.25) is 5.89 Å². The normalized spacial score (nSPS) is 19.1. The number of aromatic nitrogens is 2. The fourth-order valence-electron chi connectivity index (χ4n) is 2.20. The lowest BCUT2D eigenvalue weighted by Gasteiger charge is -2.16. The van der Waals surface area contributed by atoms with Crippen LogP contribution in [0.2, 0.25) is 0 Å². The molecule has 1 aliphatic rings. The van der Waals surface area contributed by atoms with Crippen LogP contribution in [-0.4, -0.2) is 27.4 Å². The summed E-state index contributed by atoms with van der Waals surface area (Å²) in [5.74, 6) is 4.97. The van der Waals surface area contributed by atoms with Gasteiger partial charge in [0.05, 0.1) is 11.7 Å². The number of rotatable bonds is 4. The Morgan fingerprint density at radius 1 is 1.25 bits per heavy atom. The van der Waals surface area contributed by atoms with Crippen LogP contribution in [0, 0.1) is 0 Å². The smallest absolute Gasteiger partial charge is 0.231 e. The molecule has 1 aromatic heterocycles. The second-order valence-electron chi connectivity index (χ2n) is 4.63. The van der Waals surface area contributed by atoms with E-state index in [2.05, 4.69) is 16.2 Å². The van der Waals surface area contributed by atoms with Gasteiger partial charge in [-0.1, -0.05) is 29.4 Å². The van der Waals surface area contributed by atoms with Gasteiger partial charge in [0, 0.05) is 23.8 Å². The lowest BCUT2D eigenvalue weighted by molar-refractivity contribution is 0.379. The first-order chi connectivity index (χ1) is 9.86. The molecule has 1 fully saturated rings. The van der Waals surface area contributed by atoms with Crippen LogP contribution in [0.25, 0.3) is 0 Å². The second-order valence-corrected chi connectivity index (χ2v) is 7.09. The quantitative estimate of drug-likeness (QED) is 0.937. The van der Waals surface area contributed by atoms with Crippen LogP contribution in [0.15, 0.2) is 28.8 Å². The van der Waals surface area contributed by atoms with E-state index in [4.69, 9.17) is 10.3 Å². The number of benzene rings is 1. The van der Waals surface area contributed by atoms with Crippen LogP contribution in [0.5, 0.6) is 0 Å². The Labute approximate surface area is 126 Å². The Bertz CT molecular complexity index is 567. The van der Waals surface area contributed by atoms with Crippen molar-refractivity contribution < 1.29 is 4.52 Å². The van der Waals surface area contributed by atoms with Crippen molar-refractivity contribution in [2.75, 3.05) is 17.3 Å². The second kappa shape index (κ2) is 6.65. The molecule has 6 heteroatoms. The van der Waals surface area contributed by atoms with Crippen LogP contribution in [-0.2, 0) is 13.0 Å². The third-order valence-electron chi connectivity index (χ3n) is 3.27. The summed E-state index contributed by atoms with van der Waals surface area (Å²) in [4.78, 5) is 4.55. The van der Waals surface area contributed by atoms with Crippen molar-refractivity contribution in [1.82, 2.24) is 10.1 Å². The average Bonchev–Trinajstić information content (AvgIpc) is 2.97. The first-order valence-electron chi connectivity index (χ1n) is 6.65. The Balaban J connectivity index is 1.73. The molecule has 0 spiro atoms. The van der Waals surface area contributed by atoms with Gasteiger partial charge in [-0.25, -0.2) is 0 Å². The molecule has 2 aromatic rings. The molecule has 1 saturated heterocycles. The molecule has 1 aromatic carbocycles. The number of thioether (sulfide) groups is 2. The van der Waals surface area contributed by atoms with Gasteiger partial charge in [0.25, 0.3) is 0 Å². The lowest BCUT2D eigenvalue weighted by Crippen LogP contribution is -2.08. The van der Waals surface area contributed by atoms with Crippen molar-refractivity contribution in [2.45, 2.75) is 18.2 Å². The highest BCUT2D eigenvalue weighted by atomic mass is 32.2. The van der Waals surface area contributed by atoms with Gasteiger partial charge in [-0.3, -0.25) is 0 Å². The summed E-state index contributed by atoms with van der Waals surface area (Å²) in [5, 5.41) is 4.51. The number of nitrogens with two attached hydrogens (primary N) is 1. The fourth-order valence-corrected chi connectivity index (χ4v) is 4.79. The van der Waals surface area contributed by atoms with E-state index < -0.39 is 0 Å². The zero-order valence-electron chi connectivity index (χ0n) is 11.1. The summed E-state index contributed by atoms with van der Waals surface area (Å²) in [6.07, 6.45) is 0.658. The van der Waals surface area contributed by atoms with Crippen molar-refractivity contribution in [1.29, 1.82) is 0 Å². The van der Waals surface area contributed by atoms with Crippen LogP contribution in [0.1, 0.15) is 28.1 Å². The predicted octanol–water partition coefficient (Wildman–Crippen LogP) is 2.64. The molecular formula is C14H17N3OS2. The van der Waals surface area contributed by atoms with Gasteiger partial charge in [0.15, 0.2) is 5.82 Å². The van der Waals surface area contributed by atoms with Gasteiger partial charge in [-0.15, -0.1) is 11.8 Å². The largest absolute Gasteiger partial charge is 0.339 e. The zero-order chi connectivity index (χ0) is 13.8. The van der Waals surface area contributed by atoms with Crippen LogP contribution in [0.4, 0.5) is 0 Å². The summed E-state index contributed by atoms with van der Waals surface area (Å²) in [6, 6.07) is 8.12. The van der Waals surface area contributed by atoms with E-state index in [1.165, 1.54) is 5.75 Å². The van der Waals surface area contributed by atoms with E-state index in [0.717, 1.165) is 28.5 Å². The summed E-state index contributed by atoms with van der Waals surface area (Å²) >= 11 is 3.88. The first kappa shape index (κ1) is 14.0. The molecule has 20 heavy (non-hydrogen) atoms. The van der Waals surface area contributed by atoms with Gasteiger partial charge in [-0.05, 0) is 11.1 Å². The zero-order valence-corrected chi connectivity index (χ0v) is 12.8. The highest BCUT2D eigenvalue weighted by Gasteiger charge is 2.22. The Morgan fingerprint density at radius 2 is 2.10 bits per heavy atom. The Morgan fingerprint density at radius 3 is 2.85 bits per heavy atom. The summed E-state index contributed by atoms with van der Waals surface area (Å²) in [5.41, 5.74) is 8.05. The molecule has 0 saturated carbocycles. The molecule has 0 bridgehead atoms. The van der Waals surface area contributed by atoms with Crippen molar-refractivity contribution in [3.8, 4) is 0 Å². The molecule has 3 rings (SSSR count). The van der Waals surface area contributed by atoms with Gasteiger partial charge < -0.3 is 10.3 Å². The summed E-state index contributed by atoms with van der Waals surface area (Å²) in [7, 11) is 0. The molecule has 0 radical (unpaired) electrons.